The fourth-order valence-electron chi connectivity index (χ4n) is 2.47. The lowest BCUT2D eigenvalue weighted by atomic mass is 10.1. The van der Waals surface area contributed by atoms with Gasteiger partial charge in [-0.1, -0.05) is 32.0 Å². The number of hydrogen-bond acceptors (Lipinski definition) is 3. The van der Waals surface area contributed by atoms with Crippen LogP contribution in [-0.2, 0) is 10.0 Å². The van der Waals surface area contributed by atoms with Gasteiger partial charge in [0.1, 0.15) is 0 Å². The number of para-hydroxylation sites is 1. The van der Waals surface area contributed by atoms with Crippen LogP contribution in [0.3, 0.4) is 0 Å². The number of carbonyl (C=O) groups excluding carboxylic acids is 1. The van der Waals surface area contributed by atoms with E-state index in [9.17, 15) is 13.2 Å². The van der Waals surface area contributed by atoms with Gasteiger partial charge in [0.2, 0.25) is 10.0 Å². The number of amides is 1. The summed E-state index contributed by atoms with van der Waals surface area (Å²) in [7, 11) is -3.60. The number of hydrogen-bond donors (Lipinski definition) is 1. The van der Waals surface area contributed by atoms with Crippen LogP contribution in [0.1, 0.15) is 29.8 Å². The molecule has 0 heterocycles. The van der Waals surface area contributed by atoms with Crippen molar-refractivity contribution in [3.63, 3.8) is 0 Å². The summed E-state index contributed by atoms with van der Waals surface area (Å²) >= 11 is 2.14. The molecule has 2 rings (SSSR count). The van der Waals surface area contributed by atoms with Gasteiger partial charge >= 0.3 is 0 Å². The molecule has 0 unspecified atom stereocenters. The Hall–Kier alpha value is -1.45. The van der Waals surface area contributed by atoms with Crippen molar-refractivity contribution in [1.82, 2.24) is 4.31 Å². The largest absolute Gasteiger partial charge is 0.321 e. The topological polar surface area (TPSA) is 66.5 Å². The third-order valence-corrected chi connectivity index (χ3v) is 6.91. The van der Waals surface area contributed by atoms with Gasteiger partial charge in [-0.2, -0.15) is 4.31 Å². The lowest BCUT2D eigenvalue weighted by Gasteiger charge is -2.19. The van der Waals surface area contributed by atoms with E-state index in [1.54, 1.807) is 32.9 Å². The number of rotatable bonds is 6. The van der Waals surface area contributed by atoms with Crippen LogP contribution in [0.15, 0.2) is 47.4 Å². The molecule has 0 bridgehead atoms. The van der Waals surface area contributed by atoms with Crippen molar-refractivity contribution in [1.29, 1.82) is 0 Å². The van der Waals surface area contributed by atoms with E-state index in [1.165, 1.54) is 10.4 Å². The number of sulfonamides is 1. The highest BCUT2D eigenvalue weighted by Crippen LogP contribution is 2.22. The zero-order valence-electron chi connectivity index (χ0n) is 14.4. The summed E-state index contributed by atoms with van der Waals surface area (Å²) in [5.41, 5.74) is 1.78. The molecule has 7 heteroatoms. The second-order valence-electron chi connectivity index (χ2n) is 5.50. The van der Waals surface area contributed by atoms with Crippen LogP contribution in [0.4, 0.5) is 5.69 Å². The first-order valence-electron chi connectivity index (χ1n) is 7.98. The van der Waals surface area contributed by atoms with Gasteiger partial charge in [0.15, 0.2) is 0 Å². The molecule has 25 heavy (non-hydrogen) atoms. The third-order valence-electron chi connectivity index (χ3n) is 3.92. The van der Waals surface area contributed by atoms with Gasteiger partial charge in [-0.15, -0.1) is 0 Å². The van der Waals surface area contributed by atoms with Gasteiger partial charge in [0.25, 0.3) is 5.91 Å². The smallest absolute Gasteiger partial charge is 0.256 e. The monoisotopic (exact) mass is 472 g/mol. The van der Waals surface area contributed by atoms with Crippen LogP contribution >= 0.6 is 22.6 Å². The number of carbonyl (C=O) groups is 1. The number of benzene rings is 2. The van der Waals surface area contributed by atoms with E-state index in [2.05, 4.69) is 27.9 Å². The molecule has 0 aliphatic rings. The van der Waals surface area contributed by atoms with E-state index in [0.29, 0.717) is 24.3 Å². The fourth-order valence-corrected chi connectivity index (χ4v) is 4.48. The second-order valence-corrected chi connectivity index (χ2v) is 8.60. The standard InChI is InChI=1S/C18H21IN2O3S/c1-4-21(5-2)25(23,24)14-11-10-13(3)15(12-14)18(22)20-17-9-7-6-8-16(17)19/h6-12H,4-5H2,1-3H3,(H,20,22). The van der Waals surface area contributed by atoms with Crippen LogP contribution in [0.5, 0.6) is 0 Å². The molecule has 134 valence electrons. The molecule has 0 saturated heterocycles. The molecule has 0 aliphatic heterocycles. The zero-order chi connectivity index (χ0) is 18.6. The first-order chi connectivity index (χ1) is 11.8. The quantitative estimate of drug-likeness (QED) is 0.649. The first-order valence-corrected chi connectivity index (χ1v) is 10.5. The molecule has 0 saturated carbocycles. The Morgan fingerprint density at radius 3 is 2.36 bits per heavy atom. The highest BCUT2D eigenvalue weighted by atomic mass is 127. The minimum Gasteiger partial charge on any atom is -0.321 e. The molecule has 0 aromatic heterocycles. The second kappa shape index (κ2) is 8.29. The van der Waals surface area contributed by atoms with Crippen LogP contribution in [0, 0.1) is 10.5 Å². The van der Waals surface area contributed by atoms with Crippen molar-refractivity contribution < 1.29 is 13.2 Å². The minimum absolute atomic E-state index is 0.134. The molecule has 0 aliphatic carbocycles. The van der Waals surface area contributed by atoms with Gasteiger partial charge in [0, 0.05) is 22.2 Å². The highest BCUT2D eigenvalue weighted by molar-refractivity contribution is 14.1. The number of anilines is 1. The fraction of sp³-hybridized carbons (Fsp3) is 0.278. The maximum Gasteiger partial charge on any atom is 0.256 e. The zero-order valence-corrected chi connectivity index (χ0v) is 17.4. The number of nitrogens with zero attached hydrogens (tertiary/aromatic N) is 1. The lowest BCUT2D eigenvalue weighted by molar-refractivity contribution is 0.102. The van der Waals surface area contributed by atoms with E-state index < -0.39 is 10.0 Å². The average molecular weight is 472 g/mol. The summed E-state index contributed by atoms with van der Waals surface area (Å²) in [6.07, 6.45) is 0. The van der Waals surface area contributed by atoms with Crippen molar-refractivity contribution in [2.75, 3.05) is 18.4 Å². The maximum atomic E-state index is 12.7. The summed E-state index contributed by atoms with van der Waals surface area (Å²) in [4.78, 5) is 12.8. The molecule has 5 nitrogen and oxygen atoms in total. The van der Waals surface area contributed by atoms with Crippen LogP contribution in [0.2, 0.25) is 0 Å². The van der Waals surface area contributed by atoms with Gasteiger partial charge in [-0.05, 0) is 59.3 Å². The van der Waals surface area contributed by atoms with Crippen molar-refractivity contribution in [3.8, 4) is 0 Å². The van der Waals surface area contributed by atoms with Crippen molar-refractivity contribution >= 4 is 44.2 Å². The molecule has 2 aromatic carbocycles. The van der Waals surface area contributed by atoms with Gasteiger partial charge in [0.05, 0.1) is 10.6 Å². The summed E-state index contributed by atoms with van der Waals surface area (Å²) in [6, 6.07) is 12.1. The molecule has 1 amide bonds. The van der Waals surface area contributed by atoms with Crippen LogP contribution in [0.25, 0.3) is 0 Å². The van der Waals surface area contributed by atoms with Gasteiger partial charge < -0.3 is 5.32 Å². The van der Waals surface area contributed by atoms with E-state index in [4.69, 9.17) is 0 Å². The van der Waals surface area contributed by atoms with E-state index >= 15 is 0 Å². The number of nitrogens with one attached hydrogen (secondary N) is 1. The van der Waals surface area contributed by atoms with Crippen LogP contribution < -0.4 is 5.32 Å². The molecule has 0 radical (unpaired) electrons. The Morgan fingerprint density at radius 2 is 1.76 bits per heavy atom. The van der Waals surface area contributed by atoms with E-state index in [1.807, 2.05) is 24.3 Å². The molecule has 0 fully saturated rings. The molecule has 1 N–H and O–H groups in total. The predicted molar refractivity (Wildman–Crippen MR) is 108 cm³/mol. The molecular weight excluding hydrogens is 451 g/mol. The van der Waals surface area contributed by atoms with Gasteiger partial charge in [-0.25, -0.2) is 8.42 Å². The Kier molecular flexibility index (Phi) is 6.59. The first kappa shape index (κ1) is 19.9. The Labute approximate surface area is 162 Å². The summed E-state index contributed by atoms with van der Waals surface area (Å²) in [5, 5.41) is 2.85. The maximum absolute atomic E-state index is 12.7. The number of aryl methyl sites for hydroxylation is 1. The van der Waals surface area contributed by atoms with E-state index in [-0.39, 0.29) is 10.8 Å². The Balaban J connectivity index is 2.39. The normalized spacial score (nSPS) is 11.6. The lowest BCUT2D eigenvalue weighted by Crippen LogP contribution is -2.30. The summed E-state index contributed by atoms with van der Waals surface area (Å²) in [5.74, 6) is -0.321. The Morgan fingerprint density at radius 1 is 1.12 bits per heavy atom. The molecule has 0 atom stereocenters. The van der Waals surface area contributed by atoms with Gasteiger partial charge in [-0.3, -0.25) is 4.79 Å². The Bertz CT molecular complexity index is 878. The number of halogens is 1. The molecule has 0 spiro atoms. The average Bonchev–Trinajstić information content (AvgIpc) is 2.58. The summed E-state index contributed by atoms with van der Waals surface area (Å²) in [6.45, 7) is 6.14. The summed E-state index contributed by atoms with van der Waals surface area (Å²) < 4.78 is 27.7. The van der Waals surface area contributed by atoms with E-state index in [0.717, 1.165) is 9.13 Å². The minimum atomic E-state index is -3.60. The SMILES string of the molecule is CCN(CC)S(=O)(=O)c1ccc(C)c(C(=O)Nc2ccccc2I)c1. The molecular formula is C18H21IN2O3S. The third kappa shape index (κ3) is 4.39. The van der Waals surface area contributed by atoms with Crippen molar-refractivity contribution in [3.05, 3.63) is 57.2 Å². The van der Waals surface area contributed by atoms with Crippen molar-refractivity contribution in [2.24, 2.45) is 0 Å². The predicted octanol–water partition coefficient (Wildman–Crippen LogP) is 3.88. The molecule has 2 aromatic rings. The highest BCUT2D eigenvalue weighted by Gasteiger charge is 2.23. The van der Waals surface area contributed by atoms with Crippen LogP contribution in [-0.4, -0.2) is 31.7 Å². The van der Waals surface area contributed by atoms with Crippen molar-refractivity contribution in [2.45, 2.75) is 25.7 Å².